The molecule has 4 rings (SSSR count). The van der Waals surface area contributed by atoms with E-state index in [1.165, 1.54) is 11.1 Å². The number of hydrogen-bond donors (Lipinski definition) is 1. The fraction of sp³-hybridized carbons (Fsp3) is 0.409. The van der Waals surface area contributed by atoms with Gasteiger partial charge in [-0.05, 0) is 17.5 Å². The lowest BCUT2D eigenvalue weighted by Gasteiger charge is -2.26. The van der Waals surface area contributed by atoms with Crippen LogP contribution in [0.25, 0.3) is 0 Å². The number of carbonyl (C=O) groups is 1. The number of nitrogens with zero attached hydrogens (tertiary/aromatic N) is 1. The molecule has 1 aliphatic heterocycles. The van der Waals surface area contributed by atoms with Gasteiger partial charge >= 0.3 is 0 Å². The molecular weight excluding hydrogens is 324 g/mol. The van der Waals surface area contributed by atoms with E-state index in [9.17, 15) is 4.79 Å². The lowest BCUT2D eigenvalue weighted by atomic mass is 9.85. The number of carbonyl (C=O) groups excluding carboxylic acids is 1. The zero-order valence-electron chi connectivity index (χ0n) is 15.1. The molecule has 1 heterocycles. The van der Waals surface area contributed by atoms with Gasteiger partial charge in [0.1, 0.15) is 0 Å². The highest BCUT2D eigenvalue weighted by Gasteiger charge is 2.60. The summed E-state index contributed by atoms with van der Waals surface area (Å²) in [5.41, 5.74) is 2.30. The van der Waals surface area contributed by atoms with Crippen LogP contribution in [0.2, 0.25) is 0 Å². The highest BCUT2D eigenvalue weighted by molar-refractivity contribution is 5.86. The van der Waals surface area contributed by atoms with Gasteiger partial charge in [0, 0.05) is 31.6 Å². The molecule has 2 aliphatic rings. The van der Waals surface area contributed by atoms with Crippen LogP contribution in [0.15, 0.2) is 60.7 Å². The van der Waals surface area contributed by atoms with E-state index in [-0.39, 0.29) is 17.2 Å². The van der Waals surface area contributed by atoms with E-state index in [0.29, 0.717) is 6.54 Å². The Labute approximate surface area is 155 Å². The summed E-state index contributed by atoms with van der Waals surface area (Å²) >= 11 is 0. The fourth-order valence-electron chi connectivity index (χ4n) is 4.14. The summed E-state index contributed by atoms with van der Waals surface area (Å²) in [4.78, 5) is 15.2. The molecule has 1 saturated heterocycles. The third-order valence-electron chi connectivity index (χ3n) is 5.69. The van der Waals surface area contributed by atoms with Crippen molar-refractivity contribution in [1.82, 2.24) is 10.2 Å². The molecule has 1 aliphatic carbocycles. The number of hydrogen-bond acceptors (Lipinski definition) is 3. The summed E-state index contributed by atoms with van der Waals surface area (Å²) in [6.45, 7) is 5.10. The minimum atomic E-state index is -0.175. The largest absolute Gasteiger partial charge is 0.379 e. The van der Waals surface area contributed by atoms with Gasteiger partial charge in [-0.1, -0.05) is 60.7 Å². The lowest BCUT2D eigenvalue weighted by Crippen LogP contribution is -2.42. The molecule has 0 bridgehead atoms. The summed E-state index contributed by atoms with van der Waals surface area (Å²) in [5, 5.41) is 3.16. The minimum Gasteiger partial charge on any atom is -0.379 e. The van der Waals surface area contributed by atoms with Crippen LogP contribution in [0.4, 0.5) is 0 Å². The Hall–Kier alpha value is -2.17. The number of rotatable bonds is 6. The number of benzene rings is 2. The zero-order valence-corrected chi connectivity index (χ0v) is 15.1. The quantitative estimate of drug-likeness (QED) is 0.870. The first-order chi connectivity index (χ1) is 12.8. The van der Waals surface area contributed by atoms with E-state index in [0.717, 1.165) is 39.3 Å². The van der Waals surface area contributed by atoms with E-state index in [1.54, 1.807) is 0 Å². The average molecular weight is 350 g/mol. The van der Waals surface area contributed by atoms with Gasteiger partial charge in [-0.2, -0.15) is 0 Å². The second-order valence-corrected chi connectivity index (χ2v) is 7.21. The Balaban J connectivity index is 1.44. The highest BCUT2D eigenvalue weighted by atomic mass is 16.5. The maximum atomic E-state index is 12.9. The first kappa shape index (κ1) is 17.3. The van der Waals surface area contributed by atoms with Crippen LogP contribution in [-0.4, -0.2) is 50.2 Å². The molecule has 4 nitrogen and oxygen atoms in total. The highest BCUT2D eigenvalue weighted by Crippen LogP contribution is 2.58. The first-order valence-corrected chi connectivity index (χ1v) is 9.49. The molecule has 1 unspecified atom stereocenters. The molecular formula is C22H26N2O2. The molecule has 0 radical (unpaired) electrons. The standard InChI is InChI=1S/C22H26N2O2/c25-21(23-11-12-24-13-15-26-16-14-24)20-17-22(20,18-7-3-1-4-8-18)19-9-5-2-6-10-19/h1-10,20H,11-17H2,(H,23,25). The number of amides is 1. The van der Waals surface area contributed by atoms with E-state index in [1.807, 2.05) is 12.1 Å². The molecule has 0 spiro atoms. The Bertz CT molecular complexity index is 687. The molecule has 2 aromatic rings. The summed E-state index contributed by atoms with van der Waals surface area (Å²) in [7, 11) is 0. The third kappa shape index (κ3) is 3.39. The molecule has 1 atom stereocenters. The van der Waals surface area contributed by atoms with Gasteiger partial charge < -0.3 is 10.1 Å². The van der Waals surface area contributed by atoms with E-state index in [4.69, 9.17) is 4.74 Å². The summed E-state index contributed by atoms with van der Waals surface area (Å²) in [6.07, 6.45) is 0.879. The van der Waals surface area contributed by atoms with Crippen molar-refractivity contribution in [3.63, 3.8) is 0 Å². The zero-order chi connectivity index (χ0) is 17.8. The molecule has 26 heavy (non-hydrogen) atoms. The van der Waals surface area contributed by atoms with Crippen LogP contribution in [0.5, 0.6) is 0 Å². The van der Waals surface area contributed by atoms with Crippen LogP contribution in [0.1, 0.15) is 17.5 Å². The molecule has 4 heteroatoms. The van der Waals surface area contributed by atoms with Crippen LogP contribution in [-0.2, 0) is 14.9 Å². The maximum Gasteiger partial charge on any atom is 0.224 e. The molecule has 2 aromatic carbocycles. The van der Waals surface area contributed by atoms with Crippen LogP contribution >= 0.6 is 0 Å². The average Bonchev–Trinajstić information content (AvgIpc) is 3.47. The molecule has 1 amide bonds. The summed E-state index contributed by atoms with van der Waals surface area (Å²) in [6, 6.07) is 20.9. The smallest absolute Gasteiger partial charge is 0.224 e. The second kappa shape index (κ2) is 7.60. The predicted octanol–water partition coefficient (Wildman–Crippen LogP) is 2.44. The molecule has 136 valence electrons. The van der Waals surface area contributed by atoms with Crippen molar-refractivity contribution in [2.45, 2.75) is 11.8 Å². The van der Waals surface area contributed by atoms with Crippen molar-refractivity contribution in [3.8, 4) is 0 Å². The van der Waals surface area contributed by atoms with Crippen molar-refractivity contribution >= 4 is 5.91 Å². The Kier molecular flexibility index (Phi) is 5.05. The van der Waals surface area contributed by atoms with Crippen LogP contribution < -0.4 is 5.32 Å². The maximum absolute atomic E-state index is 12.9. The van der Waals surface area contributed by atoms with Crippen molar-refractivity contribution in [2.75, 3.05) is 39.4 Å². The normalized spacial score (nSPS) is 21.9. The summed E-state index contributed by atoms with van der Waals surface area (Å²) < 4.78 is 5.37. The Morgan fingerprint density at radius 1 is 1.00 bits per heavy atom. The van der Waals surface area contributed by atoms with Crippen LogP contribution in [0, 0.1) is 5.92 Å². The van der Waals surface area contributed by atoms with Crippen LogP contribution in [0.3, 0.4) is 0 Å². The van der Waals surface area contributed by atoms with E-state index < -0.39 is 0 Å². The van der Waals surface area contributed by atoms with Gasteiger partial charge in [0.05, 0.1) is 19.1 Å². The molecule has 2 fully saturated rings. The molecule has 1 saturated carbocycles. The van der Waals surface area contributed by atoms with E-state index >= 15 is 0 Å². The predicted molar refractivity (Wildman–Crippen MR) is 102 cm³/mol. The fourth-order valence-corrected chi connectivity index (χ4v) is 4.14. The van der Waals surface area contributed by atoms with Crippen molar-refractivity contribution < 1.29 is 9.53 Å². The number of ether oxygens (including phenoxy) is 1. The SMILES string of the molecule is O=C(NCCN1CCOCC1)C1CC1(c1ccccc1)c1ccccc1. The van der Waals surface area contributed by atoms with Crippen molar-refractivity contribution in [2.24, 2.45) is 5.92 Å². The van der Waals surface area contributed by atoms with Gasteiger partial charge in [0.25, 0.3) is 0 Å². The van der Waals surface area contributed by atoms with Crippen molar-refractivity contribution in [3.05, 3.63) is 71.8 Å². The number of morpholine rings is 1. The Morgan fingerprint density at radius 2 is 1.58 bits per heavy atom. The van der Waals surface area contributed by atoms with Gasteiger partial charge in [-0.25, -0.2) is 0 Å². The lowest BCUT2D eigenvalue weighted by molar-refractivity contribution is -0.122. The topological polar surface area (TPSA) is 41.6 Å². The Morgan fingerprint density at radius 3 is 2.15 bits per heavy atom. The molecule has 0 aromatic heterocycles. The first-order valence-electron chi connectivity index (χ1n) is 9.49. The number of nitrogens with one attached hydrogen (secondary N) is 1. The second-order valence-electron chi connectivity index (χ2n) is 7.21. The van der Waals surface area contributed by atoms with Gasteiger partial charge in [-0.15, -0.1) is 0 Å². The van der Waals surface area contributed by atoms with Crippen molar-refractivity contribution in [1.29, 1.82) is 0 Å². The van der Waals surface area contributed by atoms with Gasteiger partial charge in [-0.3, -0.25) is 9.69 Å². The van der Waals surface area contributed by atoms with Gasteiger partial charge in [0.15, 0.2) is 0 Å². The summed E-state index contributed by atoms with van der Waals surface area (Å²) in [5.74, 6) is 0.183. The van der Waals surface area contributed by atoms with Gasteiger partial charge in [0.2, 0.25) is 5.91 Å². The monoisotopic (exact) mass is 350 g/mol. The minimum absolute atomic E-state index is 0.0111. The molecule has 1 N–H and O–H groups in total. The van der Waals surface area contributed by atoms with E-state index in [2.05, 4.69) is 58.7 Å². The third-order valence-corrected chi connectivity index (χ3v) is 5.69.